The predicted molar refractivity (Wildman–Crippen MR) is 132 cm³/mol. The van der Waals surface area contributed by atoms with Gasteiger partial charge in [0.05, 0.1) is 36.1 Å². The number of hydrogen-bond donors (Lipinski definition) is 8. The van der Waals surface area contributed by atoms with Gasteiger partial charge >= 0.3 is 0 Å². The van der Waals surface area contributed by atoms with Crippen molar-refractivity contribution in [2.45, 2.75) is 147 Å². The first-order chi connectivity index (χ1) is 17.1. The maximum Gasteiger partial charge on any atom is 0.184 e. The van der Waals surface area contributed by atoms with Crippen molar-refractivity contribution in [3.8, 4) is 0 Å². The van der Waals surface area contributed by atoms with Crippen molar-refractivity contribution >= 4 is 0 Å². The van der Waals surface area contributed by atoms with E-state index >= 15 is 0 Å². The molecule has 3 aliphatic heterocycles. The van der Waals surface area contributed by atoms with Gasteiger partial charge < -0.3 is 66.7 Å². The Labute approximate surface area is 237 Å². The molecule has 0 aromatic rings. The molecule has 0 aromatic carbocycles. The SMILES string of the molecule is CC.CC(C)C1CC(O)C(OC(C)(C)CC2CC(O)C(O)C(O)O2)C(O)O1.[CH2-]C1CC(O)C(O)C(O)O1.[V]. The van der Waals surface area contributed by atoms with E-state index in [1.807, 2.05) is 27.7 Å². The standard InChI is InChI=1S/C17H32O8.C6H11O4.C2H6.V/c1-8(2)12-6-11(19)14(16(22)24-12)25-17(3,4)7-9-5-10(18)13(20)15(21)23-9;1-3-2-4(7)5(8)6(9)10-3;1-2;/h8-16,18-22H,5-7H2,1-4H3;3-9H,1-2H2;1-2H3;/q;-1;;. The molecule has 3 fully saturated rings. The van der Waals surface area contributed by atoms with Crippen LogP contribution in [-0.4, -0.2) is 120 Å². The smallest absolute Gasteiger partial charge is 0.184 e. The molecule has 38 heavy (non-hydrogen) atoms. The van der Waals surface area contributed by atoms with E-state index in [9.17, 15) is 25.5 Å². The summed E-state index contributed by atoms with van der Waals surface area (Å²) >= 11 is 0. The van der Waals surface area contributed by atoms with Gasteiger partial charge in [0.1, 0.15) is 18.3 Å². The molecule has 227 valence electrons. The summed E-state index contributed by atoms with van der Waals surface area (Å²) in [4.78, 5) is 0. The second-order valence-corrected chi connectivity index (χ2v) is 10.5. The summed E-state index contributed by atoms with van der Waals surface area (Å²) in [5, 5.41) is 76.2. The van der Waals surface area contributed by atoms with E-state index in [1.54, 1.807) is 13.8 Å². The molecule has 3 rings (SSSR count). The molecule has 8 N–H and O–H groups in total. The van der Waals surface area contributed by atoms with Crippen LogP contribution in [-0.2, 0) is 37.5 Å². The van der Waals surface area contributed by atoms with E-state index < -0.39 is 73.3 Å². The minimum atomic E-state index is -1.45. The zero-order valence-electron chi connectivity index (χ0n) is 23.2. The largest absolute Gasteiger partial charge is 0.390 e. The topological polar surface area (TPSA) is 199 Å². The zero-order chi connectivity index (χ0) is 28.7. The third kappa shape index (κ3) is 11.5. The summed E-state index contributed by atoms with van der Waals surface area (Å²) in [5.74, 6) is 0.170. The first-order valence-electron chi connectivity index (χ1n) is 13.0. The van der Waals surface area contributed by atoms with Crippen molar-refractivity contribution in [1.82, 2.24) is 0 Å². The Bertz CT molecular complexity index is 605. The van der Waals surface area contributed by atoms with Gasteiger partial charge in [-0.3, -0.25) is 0 Å². The number of aliphatic hydroxyl groups is 8. The van der Waals surface area contributed by atoms with Crippen LogP contribution in [0.5, 0.6) is 0 Å². The van der Waals surface area contributed by atoms with Crippen molar-refractivity contribution in [1.29, 1.82) is 0 Å². The molecule has 0 aromatic heterocycles. The Morgan fingerprint density at radius 2 is 1.26 bits per heavy atom. The van der Waals surface area contributed by atoms with Gasteiger partial charge in [0.2, 0.25) is 0 Å². The van der Waals surface area contributed by atoms with Crippen molar-refractivity contribution in [3.63, 3.8) is 0 Å². The summed E-state index contributed by atoms with van der Waals surface area (Å²) in [6, 6.07) is 0. The Hall–Kier alpha value is 0.104. The van der Waals surface area contributed by atoms with E-state index in [0.29, 0.717) is 12.8 Å². The maximum atomic E-state index is 10.3. The van der Waals surface area contributed by atoms with Crippen LogP contribution in [0.1, 0.15) is 67.2 Å². The molecule has 0 bridgehead atoms. The third-order valence-corrected chi connectivity index (χ3v) is 6.41. The van der Waals surface area contributed by atoms with Gasteiger partial charge in [-0.05, 0) is 26.2 Å². The van der Waals surface area contributed by atoms with Gasteiger partial charge in [0.25, 0.3) is 0 Å². The fraction of sp³-hybridized carbons (Fsp3) is 0.960. The van der Waals surface area contributed by atoms with Crippen molar-refractivity contribution in [3.05, 3.63) is 6.92 Å². The molecule has 3 aliphatic rings. The Kier molecular flexibility index (Phi) is 17.2. The summed E-state index contributed by atoms with van der Waals surface area (Å²) in [7, 11) is 0. The molecule has 12 nitrogen and oxygen atoms in total. The average Bonchev–Trinajstić information content (AvgIpc) is 2.79. The summed E-state index contributed by atoms with van der Waals surface area (Å²) in [6.07, 6.45) is -10.4. The molecule has 0 spiro atoms. The maximum absolute atomic E-state index is 10.3. The minimum Gasteiger partial charge on any atom is -0.390 e. The van der Waals surface area contributed by atoms with Gasteiger partial charge in [0, 0.05) is 37.8 Å². The van der Waals surface area contributed by atoms with Crippen molar-refractivity contribution in [2.24, 2.45) is 5.92 Å². The van der Waals surface area contributed by atoms with Crippen LogP contribution in [0.15, 0.2) is 0 Å². The van der Waals surface area contributed by atoms with Crippen LogP contribution in [0.4, 0.5) is 0 Å². The zero-order valence-corrected chi connectivity index (χ0v) is 24.6. The molecule has 0 aliphatic carbocycles. The van der Waals surface area contributed by atoms with Crippen molar-refractivity contribution in [2.75, 3.05) is 0 Å². The Morgan fingerprint density at radius 1 is 0.763 bits per heavy atom. The first-order valence-corrected chi connectivity index (χ1v) is 13.0. The molecular weight excluding hydrogens is 543 g/mol. The molecular formula is C25H49O12V-. The molecule has 12 atom stereocenters. The quantitative estimate of drug-likeness (QED) is 0.185. The van der Waals surface area contributed by atoms with Gasteiger partial charge in [0.15, 0.2) is 18.9 Å². The average molecular weight is 593 g/mol. The molecule has 13 heteroatoms. The molecule has 12 unspecified atom stereocenters. The number of aliphatic hydroxyl groups excluding tert-OH is 8. The Morgan fingerprint density at radius 3 is 1.71 bits per heavy atom. The van der Waals surface area contributed by atoms with E-state index in [4.69, 9.17) is 34.3 Å². The number of hydrogen-bond acceptors (Lipinski definition) is 12. The fourth-order valence-electron chi connectivity index (χ4n) is 4.40. The monoisotopic (exact) mass is 592 g/mol. The fourth-order valence-corrected chi connectivity index (χ4v) is 4.40. The summed E-state index contributed by atoms with van der Waals surface area (Å²) in [5.41, 5.74) is -0.812. The van der Waals surface area contributed by atoms with Crippen LogP contribution in [0.25, 0.3) is 0 Å². The van der Waals surface area contributed by atoms with Gasteiger partial charge in [-0.25, -0.2) is 0 Å². The van der Waals surface area contributed by atoms with Crippen molar-refractivity contribution < 1.29 is 78.4 Å². The first kappa shape index (κ1) is 38.1. The van der Waals surface area contributed by atoms with Crippen LogP contribution < -0.4 is 0 Å². The van der Waals surface area contributed by atoms with Crippen LogP contribution in [0.3, 0.4) is 0 Å². The normalized spacial score (nSPS) is 41.7. The van der Waals surface area contributed by atoms with E-state index in [0.717, 1.165) is 0 Å². The Balaban J connectivity index is 0.000000882. The molecule has 0 saturated carbocycles. The van der Waals surface area contributed by atoms with Gasteiger partial charge in [-0.2, -0.15) is 0 Å². The summed E-state index contributed by atoms with van der Waals surface area (Å²) in [6.45, 7) is 14.9. The number of ether oxygens (including phenoxy) is 4. The summed E-state index contributed by atoms with van der Waals surface area (Å²) < 4.78 is 21.5. The number of rotatable bonds is 5. The molecule has 0 amide bonds. The van der Waals surface area contributed by atoms with Gasteiger partial charge in [-0.15, -0.1) is 0 Å². The van der Waals surface area contributed by atoms with Crippen LogP contribution in [0.2, 0.25) is 0 Å². The van der Waals surface area contributed by atoms with Crippen LogP contribution in [0, 0.1) is 12.8 Å². The molecule has 3 heterocycles. The van der Waals surface area contributed by atoms with E-state index in [1.165, 1.54) is 0 Å². The predicted octanol–water partition coefficient (Wildman–Crippen LogP) is -0.833. The third-order valence-electron chi connectivity index (χ3n) is 6.41. The molecule has 1 radical (unpaired) electrons. The second kappa shape index (κ2) is 17.2. The van der Waals surface area contributed by atoms with E-state index in [-0.39, 0.29) is 43.4 Å². The van der Waals surface area contributed by atoms with E-state index in [2.05, 4.69) is 6.92 Å². The minimum absolute atomic E-state index is 0. The van der Waals surface area contributed by atoms with Crippen LogP contribution >= 0.6 is 0 Å². The second-order valence-electron chi connectivity index (χ2n) is 10.5. The van der Waals surface area contributed by atoms with Gasteiger partial charge in [-0.1, -0.05) is 33.8 Å². The molecule has 3 saturated heterocycles.